The Bertz CT molecular complexity index is 708. The van der Waals surface area contributed by atoms with Crippen molar-refractivity contribution in [3.05, 3.63) is 23.8 Å². The van der Waals surface area contributed by atoms with Gasteiger partial charge in [0.2, 0.25) is 5.91 Å². The van der Waals surface area contributed by atoms with E-state index in [-0.39, 0.29) is 41.3 Å². The van der Waals surface area contributed by atoms with Gasteiger partial charge in [0, 0.05) is 32.2 Å². The molecular formula is C19H27N5O4. The lowest BCUT2D eigenvalue weighted by Gasteiger charge is -2.36. The highest BCUT2D eigenvalue weighted by molar-refractivity contribution is 5.94. The first-order chi connectivity index (χ1) is 13.5. The zero-order valence-corrected chi connectivity index (χ0v) is 16.1. The third kappa shape index (κ3) is 4.83. The number of primary amides is 1. The number of aromatic nitrogens is 2. The van der Waals surface area contributed by atoms with Crippen LogP contribution >= 0.6 is 0 Å². The standard InChI is InChI=1S/C19H27N5O4/c1-28-14-6-8-24(9-7-14)19(27)12-2-4-13(5-3-12)23-18(26)16-11-21-15(10-22-16)17(20)25/h10-14H,2-9H2,1H3,(H2,20,25)(H,23,26). The highest BCUT2D eigenvalue weighted by Gasteiger charge is 2.32. The number of nitrogens with one attached hydrogen (secondary N) is 1. The number of ether oxygens (including phenoxy) is 1. The minimum atomic E-state index is -0.686. The number of likely N-dealkylation sites (tertiary alicyclic amines) is 1. The average molecular weight is 389 g/mol. The molecule has 1 saturated heterocycles. The van der Waals surface area contributed by atoms with Crippen LogP contribution in [0.2, 0.25) is 0 Å². The molecule has 3 amide bonds. The molecule has 0 spiro atoms. The van der Waals surface area contributed by atoms with Gasteiger partial charge in [0.15, 0.2) is 0 Å². The largest absolute Gasteiger partial charge is 0.381 e. The topological polar surface area (TPSA) is 128 Å². The second kappa shape index (κ2) is 9.09. The van der Waals surface area contributed by atoms with E-state index in [2.05, 4.69) is 15.3 Å². The van der Waals surface area contributed by atoms with Gasteiger partial charge < -0.3 is 20.7 Å². The molecule has 0 bridgehead atoms. The number of amides is 3. The first-order valence-corrected chi connectivity index (χ1v) is 9.72. The molecule has 28 heavy (non-hydrogen) atoms. The molecule has 152 valence electrons. The fourth-order valence-electron chi connectivity index (χ4n) is 3.89. The number of methoxy groups -OCH3 is 1. The number of hydrogen-bond acceptors (Lipinski definition) is 6. The third-order valence-electron chi connectivity index (χ3n) is 5.64. The van der Waals surface area contributed by atoms with E-state index in [9.17, 15) is 14.4 Å². The highest BCUT2D eigenvalue weighted by Crippen LogP contribution is 2.27. The summed E-state index contributed by atoms with van der Waals surface area (Å²) in [4.78, 5) is 45.8. The van der Waals surface area contributed by atoms with Crippen LogP contribution in [0, 0.1) is 5.92 Å². The predicted molar refractivity (Wildman–Crippen MR) is 100 cm³/mol. The van der Waals surface area contributed by atoms with Gasteiger partial charge in [-0.15, -0.1) is 0 Å². The molecule has 9 heteroatoms. The Balaban J connectivity index is 1.45. The lowest BCUT2D eigenvalue weighted by molar-refractivity contribution is -0.139. The Hall–Kier alpha value is -2.55. The van der Waals surface area contributed by atoms with E-state index in [4.69, 9.17) is 10.5 Å². The SMILES string of the molecule is COC1CCN(C(=O)C2CCC(NC(=O)c3cnc(C(N)=O)cn3)CC2)CC1. The van der Waals surface area contributed by atoms with Crippen LogP contribution in [0.5, 0.6) is 0 Å². The molecule has 9 nitrogen and oxygen atoms in total. The molecule has 1 saturated carbocycles. The van der Waals surface area contributed by atoms with Crippen LogP contribution in [0.1, 0.15) is 59.5 Å². The normalized spacial score (nSPS) is 23.2. The van der Waals surface area contributed by atoms with Crippen molar-refractivity contribution < 1.29 is 19.1 Å². The van der Waals surface area contributed by atoms with E-state index in [0.29, 0.717) is 0 Å². The second-order valence-electron chi connectivity index (χ2n) is 7.43. The quantitative estimate of drug-likeness (QED) is 0.755. The van der Waals surface area contributed by atoms with Crippen molar-refractivity contribution in [1.82, 2.24) is 20.2 Å². The number of rotatable bonds is 5. The molecule has 3 rings (SSSR count). The molecule has 3 N–H and O–H groups in total. The summed E-state index contributed by atoms with van der Waals surface area (Å²) in [5.41, 5.74) is 5.28. The Morgan fingerprint density at radius 2 is 1.64 bits per heavy atom. The summed E-state index contributed by atoms with van der Waals surface area (Å²) < 4.78 is 5.36. The van der Waals surface area contributed by atoms with Crippen molar-refractivity contribution in [2.75, 3.05) is 20.2 Å². The third-order valence-corrected chi connectivity index (χ3v) is 5.64. The van der Waals surface area contributed by atoms with E-state index < -0.39 is 5.91 Å². The summed E-state index contributed by atoms with van der Waals surface area (Å²) in [6.45, 7) is 1.52. The Morgan fingerprint density at radius 3 is 2.18 bits per heavy atom. The van der Waals surface area contributed by atoms with Crippen LogP contribution in [0.4, 0.5) is 0 Å². The molecule has 0 aromatic carbocycles. The van der Waals surface area contributed by atoms with Crippen molar-refractivity contribution in [3.63, 3.8) is 0 Å². The van der Waals surface area contributed by atoms with E-state index in [0.717, 1.165) is 51.6 Å². The van der Waals surface area contributed by atoms with E-state index >= 15 is 0 Å². The van der Waals surface area contributed by atoms with Crippen LogP contribution in [0.3, 0.4) is 0 Å². The molecule has 1 aromatic rings. The van der Waals surface area contributed by atoms with Crippen molar-refractivity contribution in [2.45, 2.75) is 50.7 Å². The first kappa shape index (κ1) is 20.2. The van der Waals surface area contributed by atoms with Crippen LogP contribution < -0.4 is 11.1 Å². The van der Waals surface area contributed by atoms with Crippen molar-refractivity contribution in [3.8, 4) is 0 Å². The van der Waals surface area contributed by atoms with Crippen LogP contribution in [-0.2, 0) is 9.53 Å². The summed E-state index contributed by atoms with van der Waals surface area (Å²) in [5.74, 6) is -0.761. The zero-order chi connectivity index (χ0) is 20.1. The molecule has 0 atom stereocenters. The molecule has 2 fully saturated rings. The van der Waals surface area contributed by atoms with Gasteiger partial charge in [0.25, 0.3) is 11.8 Å². The van der Waals surface area contributed by atoms with Gasteiger partial charge in [-0.3, -0.25) is 14.4 Å². The van der Waals surface area contributed by atoms with E-state index in [1.54, 1.807) is 7.11 Å². The molecule has 2 aliphatic rings. The summed E-state index contributed by atoms with van der Waals surface area (Å²) >= 11 is 0. The Kier molecular flexibility index (Phi) is 6.56. The maximum atomic E-state index is 12.7. The lowest BCUT2D eigenvalue weighted by atomic mass is 9.84. The number of nitrogens with zero attached hydrogens (tertiary/aromatic N) is 3. The number of hydrogen-bond donors (Lipinski definition) is 2. The van der Waals surface area contributed by atoms with E-state index in [1.165, 1.54) is 12.4 Å². The molecular weight excluding hydrogens is 362 g/mol. The van der Waals surface area contributed by atoms with Gasteiger partial charge in [-0.2, -0.15) is 0 Å². The van der Waals surface area contributed by atoms with Gasteiger partial charge >= 0.3 is 0 Å². The van der Waals surface area contributed by atoms with Gasteiger partial charge in [-0.25, -0.2) is 9.97 Å². The average Bonchev–Trinajstić information content (AvgIpc) is 2.74. The van der Waals surface area contributed by atoms with Gasteiger partial charge in [-0.05, 0) is 38.5 Å². The molecule has 1 aliphatic carbocycles. The Labute approximate surface area is 164 Å². The number of carbonyl (C=O) groups is 3. The van der Waals surface area contributed by atoms with Crippen molar-refractivity contribution in [1.29, 1.82) is 0 Å². The zero-order valence-electron chi connectivity index (χ0n) is 16.1. The van der Waals surface area contributed by atoms with Gasteiger partial charge in [0.05, 0.1) is 18.5 Å². The fourth-order valence-corrected chi connectivity index (χ4v) is 3.89. The summed E-state index contributed by atoms with van der Waals surface area (Å²) in [6.07, 6.45) is 7.52. The maximum absolute atomic E-state index is 12.7. The maximum Gasteiger partial charge on any atom is 0.271 e. The van der Waals surface area contributed by atoms with Crippen LogP contribution in [-0.4, -0.2) is 64.9 Å². The van der Waals surface area contributed by atoms with Gasteiger partial charge in [-0.1, -0.05) is 0 Å². The highest BCUT2D eigenvalue weighted by atomic mass is 16.5. The molecule has 0 radical (unpaired) electrons. The van der Waals surface area contributed by atoms with Crippen molar-refractivity contribution in [2.24, 2.45) is 11.7 Å². The molecule has 2 heterocycles. The minimum Gasteiger partial charge on any atom is -0.381 e. The number of nitrogens with two attached hydrogens (primary N) is 1. The summed E-state index contributed by atoms with van der Waals surface area (Å²) in [6, 6.07) is 0.00777. The number of carbonyl (C=O) groups excluding carboxylic acids is 3. The fraction of sp³-hybridized carbons (Fsp3) is 0.632. The molecule has 1 aliphatic heterocycles. The van der Waals surface area contributed by atoms with Gasteiger partial charge in [0.1, 0.15) is 11.4 Å². The van der Waals surface area contributed by atoms with E-state index in [1.807, 2.05) is 4.90 Å². The second-order valence-corrected chi connectivity index (χ2v) is 7.43. The first-order valence-electron chi connectivity index (χ1n) is 9.72. The summed E-state index contributed by atoms with van der Waals surface area (Å²) in [5, 5.41) is 2.94. The molecule has 1 aromatic heterocycles. The van der Waals surface area contributed by atoms with Crippen molar-refractivity contribution >= 4 is 17.7 Å². The predicted octanol–water partition coefficient (Wildman–Crippen LogP) is 0.502. The monoisotopic (exact) mass is 389 g/mol. The molecule has 0 unspecified atom stereocenters. The number of piperidine rings is 1. The van der Waals surface area contributed by atoms with Crippen LogP contribution in [0.25, 0.3) is 0 Å². The smallest absolute Gasteiger partial charge is 0.271 e. The van der Waals surface area contributed by atoms with Crippen LogP contribution in [0.15, 0.2) is 12.4 Å². The lowest BCUT2D eigenvalue weighted by Crippen LogP contribution is -2.46. The summed E-state index contributed by atoms with van der Waals surface area (Å²) in [7, 11) is 1.72. The Morgan fingerprint density at radius 1 is 1.04 bits per heavy atom. The minimum absolute atomic E-state index is 0.00777.